The fourth-order valence-corrected chi connectivity index (χ4v) is 6.81. The molecule has 0 fully saturated rings. The smallest absolute Gasteiger partial charge is 0.263 e. The minimum atomic E-state index is -3.79. The van der Waals surface area contributed by atoms with Gasteiger partial charge in [0, 0.05) is 33.8 Å². The summed E-state index contributed by atoms with van der Waals surface area (Å²) in [5.41, 5.74) is 3.10. The Kier molecular flexibility index (Phi) is 7.10. The third-order valence-corrected chi connectivity index (χ3v) is 8.38. The molecule has 0 amide bonds. The summed E-state index contributed by atoms with van der Waals surface area (Å²) in [6.45, 7) is 1.87. The van der Waals surface area contributed by atoms with E-state index in [2.05, 4.69) is 0 Å². The lowest BCUT2D eigenvalue weighted by molar-refractivity contribution is 0.560. The van der Waals surface area contributed by atoms with Crippen molar-refractivity contribution < 1.29 is 12.8 Å². The van der Waals surface area contributed by atoms with Crippen molar-refractivity contribution in [2.45, 2.75) is 43.5 Å². The van der Waals surface area contributed by atoms with Crippen molar-refractivity contribution in [1.82, 2.24) is 0 Å². The van der Waals surface area contributed by atoms with Crippen molar-refractivity contribution in [3.05, 3.63) is 93.2 Å². The minimum absolute atomic E-state index is 0.197. The molecular formula is C25H22Cl2FNO2S2. The molecule has 3 aromatic rings. The average Bonchev–Trinajstić information content (AvgIpc) is 2.73. The topological polar surface area (TPSA) is 37.4 Å². The van der Waals surface area contributed by atoms with Crippen LogP contribution in [-0.2, 0) is 29.3 Å². The van der Waals surface area contributed by atoms with E-state index in [4.69, 9.17) is 35.4 Å². The number of halogens is 3. The summed E-state index contributed by atoms with van der Waals surface area (Å²) in [5.74, 6) is -0.360. The zero-order valence-electron chi connectivity index (χ0n) is 17.9. The summed E-state index contributed by atoms with van der Waals surface area (Å²) in [6, 6.07) is 16.2. The molecule has 1 aliphatic heterocycles. The van der Waals surface area contributed by atoms with E-state index in [0.717, 1.165) is 16.0 Å². The van der Waals surface area contributed by atoms with Crippen LogP contribution in [0.5, 0.6) is 0 Å². The molecular weight excluding hydrogens is 500 g/mol. The van der Waals surface area contributed by atoms with Crippen molar-refractivity contribution in [3.8, 4) is 0 Å². The van der Waals surface area contributed by atoms with Crippen LogP contribution in [0.4, 0.5) is 10.1 Å². The van der Waals surface area contributed by atoms with E-state index in [1.165, 1.54) is 16.4 Å². The van der Waals surface area contributed by atoms with Crippen LogP contribution in [0.2, 0.25) is 10.0 Å². The van der Waals surface area contributed by atoms with Crippen LogP contribution >= 0.6 is 35.4 Å². The normalized spacial score (nSPS) is 15.9. The number of fused-ring (bicyclic) bond motifs is 1. The predicted molar refractivity (Wildman–Crippen MR) is 137 cm³/mol. The van der Waals surface area contributed by atoms with Crippen LogP contribution in [0.1, 0.15) is 30.0 Å². The molecule has 0 spiro atoms. The molecule has 0 bridgehead atoms. The van der Waals surface area contributed by atoms with Crippen LogP contribution < -0.4 is 4.31 Å². The van der Waals surface area contributed by atoms with Crippen LogP contribution in [0.25, 0.3) is 0 Å². The number of hydrogen-bond acceptors (Lipinski definition) is 3. The predicted octanol–water partition coefficient (Wildman–Crippen LogP) is 6.82. The standard InChI is InChI=1S/C25H22Cl2FNO2S2/c1-16-2-5-19-14-22(28)6-9-25(19)29(16)33(30,31)24-7-3-17(4-8-24)12-23(32)13-18-10-20(26)15-21(27)11-18/h3-4,6-11,14-16H,2,5,12-13H2,1H3. The van der Waals surface area contributed by atoms with Crippen LogP contribution in [0, 0.1) is 5.82 Å². The fraction of sp³-hybridized carbons (Fsp3) is 0.240. The maximum absolute atomic E-state index is 13.7. The molecule has 172 valence electrons. The van der Waals surface area contributed by atoms with Gasteiger partial charge in [-0.2, -0.15) is 0 Å². The minimum Gasteiger partial charge on any atom is -0.263 e. The molecule has 1 unspecified atom stereocenters. The first kappa shape index (κ1) is 24.1. The van der Waals surface area contributed by atoms with Gasteiger partial charge in [0.15, 0.2) is 0 Å². The monoisotopic (exact) mass is 521 g/mol. The van der Waals surface area contributed by atoms with Crippen LogP contribution in [-0.4, -0.2) is 19.3 Å². The summed E-state index contributed by atoms with van der Waals surface area (Å²) in [4.78, 5) is 0.993. The molecule has 0 N–H and O–H groups in total. The first-order valence-electron chi connectivity index (χ1n) is 10.5. The van der Waals surface area contributed by atoms with Gasteiger partial charge in [0.05, 0.1) is 10.6 Å². The van der Waals surface area contributed by atoms with Crippen molar-refractivity contribution in [2.24, 2.45) is 0 Å². The van der Waals surface area contributed by atoms with E-state index < -0.39 is 10.0 Å². The molecule has 4 rings (SSSR count). The second kappa shape index (κ2) is 9.71. The second-order valence-corrected chi connectivity index (χ2v) is 11.5. The Morgan fingerprint density at radius 2 is 1.64 bits per heavy atom. The van der Waals surface area contributed by atoms with Crippen molar-refractivity contribution in [1.29, 1.82) is 0 Å². The molecule has 0 aliphatic carbocycles. The number of sulfonamides is 1. The van der Waals surface area contributed by atoms with Gasteiger partial charge in [0.1, 0.15) is 5.82 Å². The number of rotatable bonds is 6. The highest BCUT2D eigenvalue weighted by Crippen LogP contribution is 2.35. The summed E-state index contributed by atoms with van der Waals surface area (Å²) >= 11 is 17.7. The number of hydrogen-bond donors (Lipinski definition) is 0. The van der Waals surface area contributed by atoms with E-state index in [9.17, 15) is 12.8 Å². The Bertz CT molecular complexity index is 1290. The van der Waals surface area contributed by atoms with Gasteiger partial charge < -0.3 is 0 Å². The second-order valence-electron chi connectivity index (χ2n) is 8.28. The maximum Gasteiger partial charge on any atom is 0.264 e. The van der Waals surface area contributed by atoms with Gasteiger partial charge in [-0.15, -0.1) is 0 Å². The highest BCUT2D eigenvalue weighted by atomic mass is 35.5. The first-order valence-corrected chi connectivity index (χ1v) is 13.1. The van der Waals surface area contributed by atoms with Crippen LogP contribution in [0.15, 0.2) is 65.6 Å². The fourth-order valence-electron chi connectivity index (χ4n) is 4.18. The largest absolute Gasteiger partial charge is 0.264 e. The summed E-state index contributed by atoms with van der Waals surface area (Å²) in [7, 11) is -3.79. The lowest BCUT2D eigenvalue weighted by Crippen LogP contribution is -2.42. The average molecular weight is 522 g/mol. The molecule has 0 saturated carbocycles. The molecule has 8 heteroatoms. The molecule has 0 aromatic heterocycles. The highest BCUT2D eigenvalue weighted by Gasteiger charge is 2.33. The van der Waals surface area contributed by atoms with Crippen LogP contribution in [0.3, 0.4) is 0 Å². The Morgan fingerprint density at radius 3 is 2.30 bits per heavy atom. The van der Waals surface area contributed by atoms with Gasteiger partial charge in [0.25, 0.3) is 10.0 Å². The molecule has 3 aromatic carbocycles. The first-order chi connectivity index (χ1) is 15.6. The lowest BCUT2D eigenvalue weighted by atomic mass is 9.99. The quantitative estimate of drug-likeness (QED) is 0.334. The Morgan fingerprint density at radius 1 is 1.00 bits per heavy atom. The molecule has 0 radical (unpaired) electrons. The number of nitrogens with zero attached hydrogens (tertiary/aromatic N) is 1. The SMILES string of the molecule is CC1CCc2cc(F)ccc2N1S(=O)(=O)c1ccc(CC(=S)Cc2cc(Cl)cc(Cl)c2)cc1. The molecule has 1 aliphatic rings. The van der Waals surface area contributed by atoms with Gasteiger partial charge in [-0.25, -0.2) is 12.8 Å². The van der Waals surface area contributed by atoms with Gasteiger partial charge in [-0.3, -0.25) is 4.31 Å². The third kappa shape index (κ3) is 5.40. The summed E-state index contributed by atoms with van der Waals surface area (Å²) in [5, 5.41) is 1.12. The highest BCUT2D eigenvalue weighted by molar-refractivity contribution is 7.92. The van der Waals surface area contributed by atoms with E-state index >= 15 is 0 Å². The van der Waals surface area contributed by atoms with Gasteiger partial charge in [-0.1, -0.05) is 47.6 Å². The van der Waals surface area contributed by atoms with Gasteiger partial charge in [0.2, 0.25) is 0 Å². The Hall–Kier alpha value is -1.99. The van der Waals surface area contributed by atoms with Crippen molar-refractivity contribution >= 4 is 56.0 Å². The van der Waals surface area contributed by atoms with E-state index in [1.54, 1.807) is 36.4 Å². The molecule has 33 heavy (non-hydrogen) atoms. The molecule has 1 heterocycles. The van der Waals surface area contributed by atoms with E-state index in [1.807, 2.05) is 19.1 Å². The number of aryl methyl sites for hydroxylation is 1. The van der Waals surface area contributed by atoms with Crippen molar-refractivity contribution in [3.63, 3.8) is 0 Å². The molecule has 1 atom stereocenters. The maximum atomic E-state index is 13.7. The Balaban J connectivity index is 1.52. The number of benzene rings is 3. The zero-order chi connectivity index (χ0) is 23.8. The number of anilines is 1. The van der Waals surface area contributed by atoms with E-state index in [-0.39, 0.29) is 16.8 Å². The lowest BCUT2D eigenvalue weighted by Gasteiger charge is -2.36. The summed E-state index contributed by atoms with van der Waals surface area (Å²) < 4.78 is 42.0. The zero-order valence-corrected chi connectivity index (χ0v) is 21.0. The third-order valence-electron chi connectivity index (χ3n) is 5.72. The molecule has 3 nitrogen and oxygen atoms in total. The number of thiocarbonyl (C=S) groups is 1. The summed E-state index contributed by atoms with van der Waals surface area (Å²) in [6.07, 6.45) is 2.36. The van der Waals surface area contributed by atoms with Gasteiger partial charge in [-0.05, 0) is 85.0 Å². The van der Waals surface area contributed by atoms with Gasteiger partial charge >= 0.3 is 0 Å². The van der Waals surface area contributed by atoms with Crippen molar-refractivity contribution in [2.75, 3.05) is 4.31 Å². The molecule has 0 saturated heterocycles. The van der Waals surface area contributed by atoms with E-state index in [0.29, 0.717) is 47.0 Å². The Labute approximate surface area is 209 Å².